The first kappa shape index (κ1) is 13.6. The van der Waals surface area contributed by atoms with E-state index in [9.17, 15) is 0 Å². The number of nitrogens with two attached hydrogens (primary N) is 1. The molecule has 0 saturated heterocycles. The maximum Gasteiger partial charge on any atom is 0.0396 e. The minimum atomic E-state index is 0.208. The number of pyridine rings is 1. The Hall–Kier alpha value is -1.87. The van der Waals surface area contributed by atoms with Crippen molar-refractivity contribution >= 4 is 5.69 Å². The van der Waals surface area contributed by atoms with Gasteiger partial charge in [-0.05, 0) is 37.1 Å². The fourth-order valence-electron chi connectivity index (χ4n) is 2.31. The molecule has 1 heterocycles. The molecule has 1 unspecified atom stereocenters. The van der Waals surface area contributed by atoms with Crippen LogP contribution in [0.15, 0.2) is 42.7 Å². The summed E-state index contributed by atoms with van der Waals surface area (Å²) in [6, 6.07) is 10.5. The molecule has 1 aromatic carbocycles. The molecule has 19 heavy (non-hydrogen) atoms. The van der Waals surface area contributed by atoms with Crippen LogP contribution in [-0.4, -0.2) is 11.5 Å². The molecule has 0 radical (unpaired) electrons. The average Bonchev–Trinajstić information content (AvgIpc) is 2.41. The predicted octanol–water partition coefficient (Wildman–Crippen LogP) is 2.87. The summed E-state index contributed by atoms with van der Waals surface area (Å²) in [7, 11) is 0. The molecule has 1 atom stereocenters. The van der Waals surface area contributed by atoms with E-state index in [1.165, 1.54) is 11.1 Å². The number of likely N-dealkylation sites (N-methyl/N-ethyl adjacent to an activating group) is 1. The zero-order valence-corrected chi connectivity index (χ0v) is 11.6. The molecule has 1 aromatic heterocycles. The van der Waals surface area contributed by atoms with E-state index in [1.54, 1.807) is 6.20 Å². The maximum absolute atomic E-state index is 6.06. The molecule has 0 aliphatic rings. The minimum absolute atomic E-state index is 0.208. The van der Waals surface area contributed by atoms with Gasteiger partial charge in [-0.3, -0.25) is 4.98 Å². The van der Waals surface area contributed by atoms with Gasteiger partial charge < -0.3 is 11.1 Å². The van der Waals surface area contributed by atoms with Gasteiger partial charge >= 0.3 is 0 Å². The van der Waals surface area contributed by atoms with Crippen molar-refractivity contribution in [3.8, 4) is 0 Å². The molecule has 0 amide bonds. The fourth-order valence-corrected chi connectivity index (χ4v) is 2.31. The van der Waals surface area contributed by atoms with Crippen molar-refractivity contribution in [2.75, 3.05) is 12.3 Å². The Kier molecular flexibility index (Phi) is 4.53. The molecule has 3 nitrogen and oxygen atoms in total. The van der Waals surface area contributed by atoms with Gasteiger partial charge in [0.05, 0.1) is 0 Å². The Morgan fingerprint density at radius 1 is 1.26 bits per heavy atom. The van der Waals surface area contributed by atoms with Gasteiger partial charge in [0, 0.05) is 29.7 Å². The molecule has 3 heteroatoms. The van der Waals surface area contributed by atoms with Gasteiger partial charge in [0.2, 0.25) is 0 Å². The molecule has 2 aromatic rings. The highest BCUT2D eigenvalue weighted by Crippen LogP contribution is 2.24. The second-order valence-corrected chi connectivity index (χ2v) is 4.75. The van der Waals surface area contributed by atoms with E-state index in [4.69, 9.17) is 5.73 Å². The van der Waals surface area contributed by atoms with Crippen LogP contribution < -0.4 is 11.1 Å². The number of hydrogen-bond donors (Lipinski definition) is 2. The molecule has 0 fully saturated rings. The number of nitrogens with one attached hydrogen (secondary N) is 1. The summed E-state index contributed by atoms with van der Waals surface area (Å²) in [5.74, 6) is 0. The third kappa shape index (κ3) is 3.32. The summed E-state index contributed by atoms with van der Waals surface area (Å²) < 4.78 is 0. The average molecular weight is 255 g/mol. The maximum atomic E-state index is 6.06. The van der Waals surface area contributed by atoms with Crippen LogP contribution in [0.4, 0.5) is 5.69 Å². The largest absolute Gasteiger partial charge is 0.398 e. The number of nitrogens with zero attached hydrogens (tertiary/aromatic N) is 1. The minimum Gasteiger partial charge on any atom is -0.398 e. The van der Waals surface area contributed by atoms with Crippen LogP contribution in [0.3, 0.4) is 0 Å². The number of nitrogen functional groups attached to an aromatic ring is 1. The highest BCUT2D eigenvalue weighted by Gasteiger charge is 2.14. The zero-order valence-electron chi connectivity index (χ0n) is 11.6. The molecule has 2 rings (SSSR count). The second kappa shape index (κ2) is 6.34. The van der Waals surface area contributed by atoms with Crippen LogP contribution in [0.25, 0.3) is 0 Å². The van der Waals surface area contributed by atoms with Crippen LogP contribution in [0, 0.1) is 6.92 Å². The van der Waals surface area contributed by atoms with Gasteiger partial charge in [0.25, 0.3) is 0 Å². The van der Waals surface area contributed by atoms with E-state index >= 15 is 0 Å². The highest BCUT2D eigenvalue weighted by molar-refractivity contribution is 5.47. The number of anilines is 1. The van der Waals surface area contributed by atoms with Gasteiger partial charge in [0.1, 0.15) is 0 Å². The number of benzene rings is 1. The molecule has 0 spiro atoms. The lowest BCUT2D eigenvalue weighted by molar-refractivity contribution is 0.548. The fraction of sp³-hybridized carbons (Fsp3) is 0.312. The lowest BCUT2D eigenvalue weighted by Gasteiger charge is -2.20. The van der Waals surface area contributed by atoms with Crippen molar-refractivity contribution < 1.29 is 0 Å². The first-order valence-corrected chi connectivity index (χ1v) is 6.69. The summed E-state index contributed by atoms with van der Waals surface area (Å²) in [5, 5.41) is 3.50. The summed E-state index contributed by atoms with van der Waals surface area (Å²) in [6.45, 7) is 5.16. The third-order valence-corrected chi connectivity index (χ3v) is 3.40. The van der Waals surface area contributed by atoms with E-state index < -0.39 is 0 Å². The quantitative estimate of drug-likeness (QED) is 0.863. The third-order valence-electron chi connectivity index (χ3n) is 3.40. The normalized spacial score (nSPS) is 12.3. The van der Waals surface area contributed by atoms with E-state index in [2.05, 4.69) is 48.4 Å². The van der Waals surface area contributed by atoms with Crippen molar-refractivity contribution in [3.63, 3.8) is 0 Å². The smallest absolute Gasteiger partial charge is 0.0396 e. The van der Waals surface area contributed by atoms with Gasteiger partial charge in [-0.25, -0.2) is 0 Å². The van der Waals surface area contributed by atoms with Crippen LogP contribution >= 0.6 is 0 Å². The number of aryl methyl sites for hydroxylation is 1. The predicted molar refractivity (Wildman–Crippen MR) is 80.0 cm³/mol. The molecule has 0 saturated carbocycles. The molecule has 0 bridgehead atoms. The Labute approximate surface area is 114 Å². The van der Waals surface area contributed by atoms with Gasteiger partial charge in [0.15, 0.2) is 0 Å². The first-order chi connectivity index (χ1) is 9.22. The molecule has 100 valence electrons. The first-order valence-electron chi connectivity index (χ1n) is 6.69. The number of aromatic nitrogens is 1. The molecular formula is C16H21N3. The van der Waals surface area contributed by atoms with E-state index in [-0.39, 0.29) is 6.04 Å². The Balaban J connectivity index is 2.27. The number of hydrogen-bond acceptors (Lipinski definition) is 3. The van der Waals surface area contributed by atoms with E-state index in [1.807, 2.05) is 12.3 Å². The van der Waals surface area contributed by atoms with Gasteiger partial charge in [-0.1, -0.05) is 31.2 Å². The van der Waals surface area contributed by atoms with Gasteiger partial charge in [-0.2, -0.15) is 0 Å². The number of rotatable bonds is 5. The van der Waals surface area contributed by atoms with E-state index in [0.29, 0.717) is 0 Å². The summed E-state index contributed by atoms with van der Waals surface area (Å²) in [5.41, 5.74) is 10.6. The van der Waals surface area contributed by atoms with Gasteiger partial charge in [-0.15, -0.1) is 0 Å². The van der Waals surface area contributed by atoms with Crippen LogP contribution in [0.1, 0.15) is 29.7 Å². The second-order valence-electron chi connectivity index (χ2n) is 4.75. The van der Waals surface area contributed by atoms with Crippen molar-refractivity contribution in [2.45, 2.75) is 26.3 Å². The zero-order chi connectivity index (χ0) is 13.7. The van der Waals surface area contributed by atoms with Crippen molar-refractivity contribution in [3.05, 3.63) is 59.4 Å². The lowest BCUT2D eigenvalue weighted by atomic mass is 9.96. The SMILES string of the molecule is CCNC(Cc1ccccc1C)c1cnccc1N. The lowest BCUT2D eigenvalue weighted by Crippen LogP contribution is -2.24. The molecule has 0 aliphatic carbocycles. The van der Waals surface area contributed by atoms with Crippen LogP contribution in [0.5, 0.6) is 0 Å². The topological polar surface area (TPSA) is 50.9 Å². The standard InChI is InChI=1S/C16H21N3/c1-3-19-16(14-11-18-9-8-15(14)17)10-13-7-5-4-6-12(13)2/h4-9,11,16,19H,3,10H2,1-2H3,(H2,17,18). The Morgan fingerprint density at radius 3 is 2.74 bits per heavy atom. The monoisotopic (exact) mass is 255 g/mol. The molecular weight excluding hydrogens is 234 g/mol. The molecule has 0 aliphatic heterocycles. The van der Waals surface area contributed by atoms with E-state index in [0.717, 1.165) is 24.2 Å². The molecule has 3 N–H and O–H groups in total. The Morgan fingerprint density at radius 2 is 2.05 bits per heavy atom. The van der Waals surface area contributed by atoms with Crippen molar-refractivity contribution in [1.29, 1.82) is 0 Å². The summed E-state index contributed by atoms with van der Waals surface area (Å²) >= 11 is 0. The van der Waals surface area contributed by atoms with Crippen molar-refractivity contribution in [1.82, 2.24) is 10.3 Å². The highest BCUT2D eigenvalue weighted by atomic mass is 14.9. The van der Waals surface area contributed by atoms with Crippen LogP contribution in [0.2, 0.25) is 0 Å². The summed E-state index contributed by atoms with van der Waals surface area (Å²) in [4.78, 5) is 4.19. The van der Waals surface area contributed by atoms with Crippen LogP contribution in [-0.2, 0) is 6.42 Å². The Bertz CT molecular complexity index is 537. The summed E-state index contributed by atoms with van der Waals surface area (Å²) in [6.07, 6.45) is 4.52. The van der Waals surface area contributed by atoms with Crippen molar-refractivity contribution in [2.24, 2.45) is 0 Å².